The van der Waals surface area contributed by atoms with Crippen molar-refractivity contribution in [1.82, 2.24) is 19.5 Å². The fourth-order valence-electron chi connectivity index (χ4n) is 2.54. The number of pyridine rings is 1. The van der Waals surface area contributed by atoms with Gasteiger partial charge in [-0.1, -0.05) is 6.07 Å². The maximum Gasteiger partial charge on any atom is 0.258 e. The minimum absolute atomic E-state index is 0.322. The van der Waals surface area contributed by atoms with Crippen LogP contribution in [0.15, 0.2) is 48.8 Å². The molecule has 1 atom stereocenters. The molecule has 0 aliphatic carbocycles. The van der Waals surface area contributed by atoms with Crippen molar-refractivity contribution in [2.24, 2.45) is 0 Å². The second kappa shape index (κ2) is 5.57. The molecule has 1 unspecified atom stereocenters. The summed E-state index contributed by atoms with van der Waals surface area (Å²) in [5, 5.41) is 5.43. The molecular formula is C16H12N4O3S. The first-order chi connectivity index (χ1) is 11.7. The van der Waals surface area contributed by atoms with Crippen molar-refractivity contribution in [3.8, 4) is 17.0 Å². The van der Waals surface area contributed by atoms with Crippen molar-refractivity contribution in [3.05, 3.63) is 48.8 Å². The number of nitrogens with one attached hydrogen (secondary N) is 1. The average molecular weight is 340 g/mol. The Morgan fingerprint density at radius 2 is 2.12 bits per heavy atom. The molecule has 0 saturated carbocycles. The van der Waals surface area contributed by atoms with E-state index in [1.54, 1.807) is 25.6 Å². The van der Waals surface area contributed by atoms with E-state index in [0.29, 0.717) is 5.03 Å². The quantitative estimate of drug-likeness (QED) is 0.784. The Bertz CT molecular complexity index is 1030. The number of ether oxygens (including phenoxy) is 1. The molecule has 1 aromatic carbocycles. The average Bonchev–Trinajstić information content (AvgIpc) is 3.16. The number of carbonyl (C=O) groups is 1. The first-order valence-electron chi connectivity index (χ1n) is 7.08. The first-order valence-corrected chi connectivity index (χ1v) is 8.23. The largest absolute Gasteiger partial charge is 0.497 e. The van der Waals surface area contributed by atoms with Crippen LogP contribution in [0.5, 0.6) is 5.75 Å². The molecule has 120 valence electrons. The molecule has 2 aromatic heterocycles. The molecule has 3 aromatic rings. The summed E-state index contributed by atoms with van der Waals surface area (Å²) in [6, 6.07) is 9.33. The Morgan fingerprint density at radius 1 is 1.25 bits per heavy atom. The van der Waals surface area contributed by atoms with Gasteiger partial charge in [-0.25, -0.2) is 8.89 Å². The lowest BCUT2D eigenvalue weighted by molar-refractivity contribution is -0.114. The summed E-state index contributed by atoms with van der Waals surface area (Å²) in [5.41, 5.74) is 2.46. The zero-order chi connectivity index (χ0) is 16.7. The van der Waals surface area contributed by atoms with Gasteiger partial charge in [0, 0.05) is 29.3 Å². The molecule has 24 heavy (non-hydrogen) atoms. The molecular weight excluding hydrogens is 328 g/mol. The van der Waals surface area contributed by atoms with E-state index >= 15 is 0 Å². The number of fused-ring (bicyclic) bond motifs is 1. The van der Waals surface area contributed by atoms with Crippen LogP contribution >= 0.6 is 0 Å². The third kappa shape index (κ3) is 2.37. The van der Waals surface area contributed by atoms with Crippen LogP contribution < -0.4 is 9.46 Å². The van der Waals surface area contributed by atoms with Crippen LogP contribution in [0.4, 0.5) is 0 Å². The van der Waals surface area contributed by atoms with Crippen molar-refractivity contribution in [1.29, 1.82) is 0 Å². The number of hydrogen-bond donors (Lipinski definition) is 1. The maximum absolute atomic E-state index is 11.9. The zero-order valence-electron chi connectivity index (χ0n) is 12.6. The van der Waals surface area contributed by atoms with Crippen molar-refractivity contribution >= 4 is 32.8 Å². The molecule has 7 nitrogen and oxygen atoms in total. The number of amides is 1. The van der Waals surface area contributed by atoms with Crippen molar-refractivity contribution in [3.63, 3.8) is 0 Å². The maximum atomic E-state index is 11.9. The number of hydrogen-bond acceptors (Lipinski definition) is 5. The summed E-state index contributed by atoms with van der Waals surface area (Å²) < 4.78 is 21.0. The third-order valence-corrected chi connectivity index (χ3v) is 4.73. The molecule has 1 aliphatic heterocycles. The highest BCUT2D eigenvalue weighted by Gasteiger charge is 2.23. The highest BCUT2D eigenvalue weighted by Crippen LogP contribution is 2.27. The second-order valence-corrected chi connectivity index (χ2v) is 6.29. The van der Waals surface area contributed by atoms with Crippen LogP contribution in [-0.2, 0) is 15.8 Å². The van der Waals surface area contributed by atoms with Crippen LogP contribution in [0.3, 0.4) is 0 Å². The van der Waals surface area contributed by atoms with Gasteiger partial charge in [0.1, 0.15) is 5.75 Å². The second-order valence-electron chi connectivity index (χ2n) is 5.13. The Kier molecular flexibility index (Phi) is 3.39. The van der Waals surface area contributed by atoms with Gasteiger partial charge in [0.2, 0.25) is 0 Å². The van der Waals surface area contributed by atoms with E-state index in [-0.39, 0.29) is 5.91 Å². The number of aromatic nitrogens is 3. The minimum Gasteiger partial charge on any atom is -0.497 e. The lowest BCUT2D eigenvalue weighted by Gasteiger charge is -2.05. The SMILES string of the molecule is COc1ccnc(-c2ccc3c(cnn3C3=CC(=O)NS3=O)c2)c1. The molecule has 0 bridgehead atoms. The van der Waals surface area contributed by atoms with E-state index in [1.165, 1.54) is 10.8 Å². The fourth-order valence-corrected chi connectivity index (χ4v) is 3.41. The Labute approximate surface area is 139 Å². The number of carbonyl (C=O) groups excluding carboxylic acids is 1. The zero-order valence-corrected chi connectivity index (χ0v) is 13.4. The monoisotopic (exact) mass is 340 g/mol. The Hall–Kier alpha value is -3.00. The number of benzene rings is 1. The topological polar surface area (TPSA) is 86.1 Å². The van der Waals surface area contributed by atoms with E-state index in [0.717, 1.165) is 27.9 Å². The summed E-state index contributed by atoms with van der Waals surface area (Å²) in [6.45, 7) is 0. The van der Waals surface area contributed by atoms with E-state index in [2.05, 4.69) is 14.8 Å². The van der Waals surface area contributed by atoms with E-state index in [1.807, 2.05) is 24.3 Å². The molecule has 0 fully saturated rings. The van der Waals surface area contributed by atoms with Crippen molar-refractivity contribution in [2.45, 2.75) is 0 Å². The predicted octanol–water partition coefficient (Wildman–Crippen LogP) is 1.70. The van der Waals surface area contributed by atoms with Gasteiger partial charge in [0.15, 0.2) is 16.0 Å². The van der Waals surface area contributed by atoms with Gasteiger partial charge >= 0.3 is 0 Å². The summed E-state index contributed by atoms with van der Waals surface area (Å²) in [7, 11) is 0.0196. The van der Waals surface area contributed by atoms with Gasteiger partial charge in [0.05, 0.1) is 24.5 Å². The lowest BCUT2D eigenvalue weighted by Crippen LogP contribution is -2.17. The highest BCUT2D eigenvalue weighted by molar-refractivity contribution is 7.93. The van der Waals surface area contributed by atoms with Crippen LogP contribution in [0.1, 0.15) is 0 Å². The first kappa shape index (κ1) is 14.6. The third-order valence-electron chi connectivity index (χ3n) is 3.68. The molecule has 1 N–H and O–H groups in total. The van der Waals surface area contributed by atoms with Gasteiger partial charge in [-0.05, 0) is 18.2 Å². The van der Waals surface area contributed by atoms with E-state index < -0.39 is 11.0 Å². The van der Waals surface area contributed by atoms with E-state index in [9.17, 15) is 9.00 Å². The molecule has 3 heterocycles. The minimum atomic E-state index is -1.59. The molecule has 0 radical (unpaired) electrons. The van der Waals surface area contributed by atoms with Gasteiger partial charge in [-0.15, -0.1) is 0 Å². The van der Waals surface area contributed by atoms with Gasteiger partial charge < -0.3 is 4.74 Å². The Balaban J connectivity index is 1.79. The summed E-state index contributed by atoms with van der Waals surface area (Å²) >= 11 is 0. The molecule has 1 amide bonds. The van der Waals surface area contributed by atoms with Gasteiger partial charge in [-0.2, -0.15) is 5.10 Å². The highest BCUT2D eigenvalue weighted by atomic mass is 32.2. The predicted molar refractivity (Wildman–Crippen MR) is 90.1 cm³/mol. The van der Waals surface area contributed by atoms with Crippen LogP contribution in [0.25, 0.3) is 27.2 Å². The number of nitrogens with zero attached hydrogens (tertiary/aromatic N) is 3. The van der Waals surface area contributed by atoms with Gasteiger partial charge in [0.25, 0.3) is 5.91 Å². The molecule has 0 spiro atoms. The van der Waals surface area contributed by atoms with Crippen LogP contribution in [-0.4, -0.2) is 32.0 Å². The van der Waals surface area contributed by atoms with Crippen molar-refractivity contribution in [2.75, 3.05) is 7.11 Å². The molecule has 1 aliphatic rings. The summed E-state index contributed by atoms with van der Waals surface area (Å²) in [6.07, 6.45) is 4.64. The van der Waals surface area contributed by atoms with Crippen LogP contribution in [0, 0.1) is 0 Å². The van der Waals surface area contributed by atoms with E-state index in [4.69, 9.17) is 4.74 Å². The number of rotatable bonds is 3. The molecule has 8 heteroatoms. The summed E-state index contributed by atoms with van der Waals surface area (Å²) in [4.78, 5) is 15.7. The fraction of sp³-hybridized carbons (Fsp3) is 0.0625. The summed E-state index contributed by atoms with van der Waals surface area (Å²) in [5.74, 6) is 0.344. The molecule has 4 rings (SSSR count). The van der Waals surface area contributed by atoms with Crippen LogP contribution in [0.2, 0.25) is 0 Å². The smallest absolute Gasteiger partial charge is 0.258 e. The normalized spacial score (nSPS) is 17.0. The van der Waals surface area contributed by atoms with Crippen molar-refractivity contribution < 1.29 is 13.7 Å². The number of methoxy groups -OCH3 is 1. The van der Waals surface area contributed by atoms with Gasteiger partial charge in [-0.3, -0.25) is 14.5 Å². The molecule has 0 saturated heterocycles. The standard InChI is InChI=1S/C16H12N4O3S/c1-23-12-4-5-17-13(7-12)10-2-3-14-11(6-10)9-18-20(14)16-8-15(21)19-24(16)22/h2-9H,1H3,(H,19,21). The Morgan fingerprint density at radius 3 is 2.88 bits per heavy atom. The lowest BCUT2D eigenvalue weighted by atomic mass is 10.1.